The van der Waals surface area contributed by atoms with Gasteiger partial charge in [0.1, 0.15) is 45.2 Å². The zero-order chi connectivity index (χ0) is 38.1. The molecule has 1 aliphatic carbocycles. The van der Waals surface area contributed by atoms with E-state index >= 15 is 0 Å². The summed E-state index contributed by atoms with van der Waals surface area (Å²) in [5.74, 6) is -0.443. The molecule has 51 heavy (non-hydrogen) atoms. The van der Waals surface area contributed by atoms with Crippen molar-refractivity contribution in [2.45, 2.75) is 110 Å². The monoisotopic (exact) mass is 747 g/mol. The third-order valence-electron chi connectivity index (χ3n) is 7.50. The SMILES string of the molecule is CN(C(=O)OC(C)(C)C)c1nc(Cl)c(-c2nc3ccccc3s2)c(N(C)[C@@H]2C[C@H](CC=O)[C@@H](OC(=O)OC(C)(C)C)[C@H]2OC(=O)OC(C)(C)C)n1. The van der Waals surface area contributed by atoms with Crippen LogP contribution in [-0.2, 0) is 28.5 Å². The summed E-state index contributed by atoms with van der Waals surface area (Å²) in [5.41, 5.74) is -1.51. The van der Waals surface area contributed by atoms with E-state index in [1.54, 1.807) is 74.3 Å². The number of aromatic nitrogens is 3. The lowest BCUT2D eigenvalue weighted by Crippen LogP contribution is -2.47. The molecule has 0 aliphatic heterocycles. The Morgan fingerprint density at radius 1 is 0.863 bits per heavy atom. The molecule has 1 aliphatic rings. The van der Waals surface area contributed by atoms with E-state index in [0.717, 1.165) is 15.1 Å². The predicted octanol–water partition coefficient (Wildman–Crippen LogP) is 7.83. The highest BCUT2D eigenvalue weighted by atomic mass is 35.5. The highest BCUT2D eigenvalue weighted by molar-refractivity contribution is 7.21. The second-order valence-electron chi connectivity index (χ2n) is 15.2. The molecule has 0 radical (unpaired) electrons. The van der Waals surface area contributed by atoms with Gasteiger partial charge in [-0.2, -0.15) is 9.97 Å². The standard InChI is InChI=1S/C35H46ClN5O9S/c1-33(2,3)48-30(43)41(11)29-38-26(36)23(28-37-20-14-12-13-15-22(20)51-28)27(39-29)40(10)21-18-19(16-17-42)24(46-31(44)49-34(4,5)6)25(21)47-32(45)50-35(7,8)9/h12-15,17,19,21,24-25H,16,18H2,1-11H3/t19-,21+,24+,25-/m0/s1. The summed E-state index contributed by atoms with van der Waals surface area (Å²) in [6.45, 7) is 15.3. The molecule has 4 atom stereocenters. The minimum absolute atomic E-state index is 0.00933. The molecule has 1 saturated carbocycles. The lowest BCUT2D eigenvalue weighted by atomic mass is 10.0. The van der Waals surface area contributed by atoms with Crippen molar-refractivity contribution in [3.8, 4) is 10.6 Å². The minimum Gasteiger partial charge on any atom is -0.443 e. The van der Waals surface area contributed by atoms with Crippen molar-refractivity contribution in [3.63, 3.8) is 0 Å². The number of benzene rings is 1. The van der Waals surface area contributed by atoms with Gasteiger partial charge >= 0.3 is 18.4 Å². The lowest BCUT2D eigenvalue weighted by Gasteiger charge is -2.34. The van der Waals surface area contributed by atoms with E-state index in [2.05, 4.69) is 4.98 Å². The molecule has 0 N–H and O–H groups in total. The van der Waals surface area contributed by atoms with E-state index in [4.69, 9.17) is 45.3 Å². The first kappa shape index (κ1) is 39.5. The Bertz CT molecular complexity index is 1730. The highest BCUT2D eigenvalue weighted by Crippen LogP contribution is 2.44. The van der Waals surface area contributed by atoms with Crippen LogP contribution in [0.5, 0.6) is 0 Å². The van der Waals surface area contributed by atoms with Crippen molar-refractivity contribution in [2.24, 2.45) is 5.92 Å². The number of fused-ring (bicyclic) bond motifs is 1. The number of carbonyl (C=O) groups excluding carboxylic acids is 4. The van der Waals surface area contributed by atoms with Gasteiger partial charge in [0.25, 0.3) is 0 Å². The number of rotatable bonds is 8. The van der Waals surface area contributed by atoms with Crippen LogP contribution in [-0.4, -0.2) is 88.8 Å². The van der Waals surface area contributed by atoms with Crippen molar-refractivity contribution in [1.29, 1.82) is 0 Å². The van der Waals surface area contributed by atoms with Crippen molar-refractivity contribution in [1.82, 2.24) is 15.0 Å². The number of amides is 1. The summed E-state index contributed by atoms with van der Waals surface area (Å²) in [6.07, 6.45) is -4.11. The first-order valence-corrected chi connectivity index (χ1v) is 17.6. The van der Waals surface area contributed by atoms with Crippen LogP contribution in [0.25, 0.3) is 20.8 Å². The maximum absolute atomic E-state index is 13.2. The zero-order valence-corrected chi connectivity index (χ0v) is 32.4. The molecular weight excluding hydrogens is 702 g/mol. The molecule has 0 spiro atoms. The molecule has 0 unspecified atom stereocenters. The van der Waals surface area contributed by atoms with Crippen LogP contribution in [0.4, 0.5) is 26.1 Å². The molecule has 2 aromatic heterocycles. The van der Waals surface area contributed by atoms with E-state index < -0.39 is 59.4 Å². The molecule has 1 fully saturated rings. The third-order valence-corrected chi connectivity index (χ3v) is 8.82. The Hall–Kier alpha value is -4.24. The zero-order valence-electron chi connectivity index (χ0n) is 30.8. The van der Waals surface area contributed by atoms with Gasteiger partial charge in [-0.3, -0.25) is 0 Å². The second kappa shape index (κ2) is 15.2. The fourth-order valence-electron chi connectivity index (χ4n) is 5.43. The van der Waals surface area contributed by atoms with Crippen LogP contribution in [0.1, 0.15) is 75.2 Å². The number of halogens is 1. The van der Waals surface area contributed by atoms with Gasteiger partial charge in [0.2, 0.25) is 5.95 Å². The summed E-state index contributed by atoms with van der Waals surface area (Å²) in [6, 6.07) is 6.77. The van der Waals surface area contributed by atoms with Gasteiger partial charge < -0.3 is 33.4 Å². The van der Waals surface area contributed by atoms with E-state index in [-0.39, 0.29) is 29.8 Å². The quantitative estimate of drug-likeness (QED) is 0.0950. The van der Waals surface area contributed by atoms with Gasteiger partial charge in [-0.05, 0) is 80.9 Å². The van der Waals surface area contributed by atoms with Crippen molar-refractivity contribution in [2.75, 3.05) is 23.9 Å². The molecule has 1 amide bonds. The number of thiazole rings is 1. The Labute approximate surface area is 306 Å². The summed E-state index contributed by atoms with van der Waals surface area (Å²) < 4.78 is 29.1. The van der Waals surface area contributed by atoms with Gasteiger partial charge in [0.05, 0.1) is 21.8 Å². The molecule has 14 nitrogen and oxygen atoms in total. The summed E-state index contributed by atoms with van der Waals surface area (Å²) >= 11 is 8.30. The first-order chi connectivity index (χ1) is 23.6. The summed E-state index contributed by atoms with van der Waals surface area (Å²) in [5, 5.41) is 0.480. The van der Waals surface area contributed by atoms with Gasteiger partial charge in [-0.15, -0.1) is 11.3 Å². The van der Waals surface area contributed by atoms with Crippen molar-refractivity contribution in [3.05, 3.63) is 29.4 Å². The van der Waals surface area contributed by atoms with Gasteiger partial charge in [-0.25, -0.2) is 24.3 Å². The van der Waals surface area contributed by atoms with Gasteiger partial charge in [-0.1, -0.05) is 23.7 Å². The van der Waals surface area contributed by atoms with Crippen LogP contribution in [0.2, 0.25) is 5.15 Å². The smallest absolute Gasteiger partial charge is 0.443 e. The van der Waals surface area contributed by atoms with Gasteiger partial charge in [0.15, 0.2) is 6.10 Å². The Kier molecular flexibility index (Phi) is 11.8. The van der Waals surface area contributed by atoms with Crippen molar-refractivity contribution >= 4 is 69.6 Å². The molecule has 0 bridgehead atoms. The van der Waals surface area contributed by atoms with Crippen LogP contribution in [0.3, 0.4) is 0 Å². The number of aldehydes is 1. The fourth-order valence-corrected chi connectivity index (χ4v) is 6.74. The van der Waals surface area contributed by atoms with E-state index in [9.17, 15) is 19.2 Å². The average molecular weight is 748 g/mol. The first-order valence-electron chi connectivity index (χ1n) is 16.4. The normalized spacial score (nSPS) is 19.3. The lowest BCUT2D eigenvalue weighted by molar-refractivity contribution is -0.111. The Balaban J connectivity index is 1.87. The topological polar surface area (TPSA) is 160 Å². The largest absolute Gasteiger partial charge is 0.509 e. The maximum atomic E-state index is 13.2. The van der Waals surface area contributed by atoms with Gasteiger partial charge in [0, 0.05) is 26.4 Å². The number of carbonyl (C=O) groups is 4. The molecule has 1 aromatic carbocycles. The maximum Gasteiger partial charge on any atom is 0.509 e. The fraction of sp³-hybridized carbons (Fsp3) is 0.571. The number of anilines is 2. The van der Waals surface area contributed by atoms with E-state index in [0.29, 0.717) is 16.9 Å². The van der Waals surface area contributed by atoms with Crippen LogP contribution in [0, 0.1) is 5.92 Å². The Morgan fingerprint density at radius 2 is 1.43 bits per heavy atom. The molecule has 2 heterocycles. The molecule has 278 valence electrons. The number of hydrogen-bond donors (Lipinski definition) is 0. The van der Waals surface area contributed by atoms with Crippen molar-refractivity contribution < 1.29 is 42.9 Å². The van der Waals surface area contributed by atoms with Crippen LogP contribution in [0.15, 0.2) is 24.3 Å². The van der Waals surface area contributed by atoms with E-state index in [1.165, 1.54) is 18.4 Å². The molecule has 16 heteroatoms. The number of hydrogen-bond acceptors (Lipinski definition) is 14. The molecule has 3 aromatic rings. The second-order valence-corrected chi connectivity index (χ2v) is 16.6. The highest BCUT2D eigenvalue weighted by Gasteiger charge is 2.51. The number of para-hydroxylation sites is 1. The average Bonchev–Trinajstić information content (AvgIpc) is 3.54. The summed E-state index contributed by atoms with van der Waals surface area (Å²) in [7, 11) is 3.15. The Morgan fingerprint density at radius 3 is 1.98 bits per heavy atom. The predicted molar refractivity (Wildman–Crippen MR) is 193 cm³/mol. The van der Waals surface area contributed by atoms with E-state index in [1.807, 2.05) is 24.3 Å². The minimum atomic E-state index is -1.17. The number of likely N-dealkylation sites (N-methyl/N-ethyl adjacent to an activating group) is 1. The van der Waals surface area contributed by atoms with Crippen LogP contribution < -0.4 is 9.80 Å². The molecule has 4 rings (SSSR count). The summed E-state index contributed by atoms with van der Waals surface area (Å²) in [4.78, 5) is 68.1. The van der Waals surface area contributed by atoms with Crippen LogP contribution >= 0.6 is 22.9 Å². The molecular formula is C35H46ClN5O9S. The third kappa shape index (κ3) is 10.2. The number of nitrogens with zero attached hydrogens (tertiary/aromatic N) is 5. The molecule has 0 saturated heterocycles. The number of ether oxygens (including phenoxy) is 5.